The monoisotopic (exact) mass is 299 g/mol. The molecule has 0 aliphatic carbocycles. The number of nitrogens with one attached hydrogen (secondary N) is 1. The van der Waals surface area contributed by atoms with Gasteiger partial charge in [-0.05, 0) is 35.3 Å². The summed E-state index contributed by atoms with van der Waals surface area (Å²) in [4.78, 5) is 12.7. The first-order valence-corrected chi connectivity index (χ1v) is 6.83. The van der Waals surface area contributed by atoms with Crippen molar-refractivity contribution in [1.82, 2.24) is 15.1 Å². The van der Waals surface area contributed by atoms with Crippen LogP contribution in [0.4, 0.5) is 0 Å². The minimum absolute atomic E-state index is 0.219. The van der Waals surface area contributed by atoms with Gasteiger partial charge in [-0.15, -0.1) is 0 Å². The molecule has 1 atom stereocenters. The lowest BCUT2D eigenvalue weighted by molar-refractivity contribution is 0.0790. The number of Topliss-reactive ketones (excluding diaryl/α,β-unsaturated/α-hetero) is 1. The van der Waals surface area contributed by atoms with E-state index in [2.05, 4.69) is 33.3 Å². The average molecular weight is 300 g/mol. The highest BCUT2D eigenvalue weighted by molar-refractivity contribution is 9.10. The summed E-state index contributed by atoms with van der Waals surface area (Å²) in [6, 6.07) is 0. The van der Waals surface area contributed by atoms with E-state index in [1.165, 1.54) is 0 Å². The van der Waals surface area contributed by atoms with Crippen LogP contribution in [-0.2, 0) is 7.05 Å². The highest BCUT2D eigenvalue weighted by atomic mass is 79.9. The molecule has 1 fully saturated rings. The number of carbonyl (C=O) groups is 1. The number of rotatable bonds is 4. The van der Waals surface area contributed by atoms with Crippen molar-refractivity contribution in [3.8, 4) is 0 Å². The molecule has 0 radical (unpaired) electrons. The third-order valence-corrected chi connectivity index (χ3v) is 4.14. The Bertz CT molecular complexity index is 402. The quantitative estimate of drug-likeness (QED) is 0.867. The first-order chi connectivity index (χ1) is 8.10. The Morgan fingerprint density at radius 3 is 2.94 bits per heavy atom. The summed E-state index contributed by atoms with van der Waals surface area (Å²) in [5, 5.41) is 7.44. The lowest BCUT2D eigenvalue weighted by Crippen LogP contribution is -2.35. The fraction of sp³-hybridized carbons (Fsp3) is 0.667. The fourth-order valence-electron chi connectivity index (χ4n) is 2.66. The van der Waals surface area contributed by atoms with E-state index in [-0.39, 0.29) is 11.2 Å². The van der Waals surface area contributed by atoms with E-state index in [0.717, 1.165) is 36.8 Å². The second kappa shape index (κ2) is 4.90. The number of nitrogens with zero attached hydrogens (tertiary/aromatic N) is 2. The van der Waals surface area contributed by atoms with Crippen LogP contribution in [0.15, 0.2) is 10.7 Å². The van der Waals surface area contributed by atoms with Gasteiger partial charge in [-0.25, -0.2) is 0 Å². The van der Waals surface area contributed by atoms with Crippen molar-refractivity contribution < 1.29 is 4.79 Å². The third kappa shape index (κ3) is 2.18. The van der Waals surface area contributed by atoms with E-state index in [1.54, 1.807) is 10.9 Å². The molecule has 0 aromatic carbocycles. The summed E-state index contributed by atoms with van der Waals surface area (Å²) < 4.78 is 2.47. The molecule has 4 nitrogen and oxygen atoms in total. The second-order valence-corrected chi connectivity index (χ2v) is 5.61. The average Bonchev–Trinajstić information content (AvgIpc) is 2.88. The van der Waals surface area contributed by atoms with Crippen molar-refractivity contribution in [2.24, 2.45) is 12.5 Å². The van der Waals surface area contributed by atoms with Crippen LogP contribution in [-0.4, -0.2) is 28.7 Å². The van der Waals surface area contributed by atoms with E-state index < -0.39 is 0 Å². The topological polar surface area (TPSA) is 46.9 Å². The van der Waals surface area contributed by atoms with Gasteiger partial charge in [0.25, 0.3) is 0 Å². The molecule has 0 saturated carbocycles. The molecular formula is C12H18BrN3O. The fourth-order valence-corrected chi connectivity index (χ4v) is 3.19. The predicted octanol–water partition coefficient (Wildman–Crippen LogP) is 2.15. The molecule has 2 rings (SSSR count). The van der Waals surface area contributed by atoms with E-state index in [0.29, 0.717) is 5.69 Å². The molecule has 5 heteroatoms. The number of ketones is 1. The summed E-state index contributed by atoms with van der Waals surface area (Å²) >= 11 is 3.42. The first kappa shape index (κ1) is 12.8. The first-order valence-electron chi connectivity index (χ1n) is 6.04. The summed E-state index contributed by atoms with van der Waals surface area (Å²) in [7, 11) is 1.82. The standard InChI is InChI=1S/C12H18BrN3O/c1-3-4-12(5-6-14-8-12)11(17)10-9(13)7-15-16(10)2/h7,14H,3-6,8H2,1-2H3. The van der Waals surface area contributed by atoms with Gasteiger partial charge in [0.1, 0.15) is 5.69 Å². The van der Waals surface area contributed by atoms with Crippen LogP contribution in [0.25, 0.3) is 0 Å². The number of carbonyl (C=O) groups excluding carboxylic acids is 1. The van der Waals surface area contributed by atoms with E-state index >= 15 is 0 Å². The second-order valence-electron chi connectivity index (χ2n) is 4.75. The zero-order chi connectivity index (χ0) is 12.5. The van der Waals surface area contributed by atoms with Gasteiger partial charge in [-0.1, -0.05) is 13.3 Å². The van der Waals surface area contributed by atoms with E-state index in [1.807, 2.05) is 7.05 Å². The predicted molar refractivity (Wildman–Crippen MR) is 70.1 cm³/mol. The molecule has 0 spiro atoms. The summed E-state index contributed by atoms with van der Waals surface area (Å²) in [5.74, 6) is 0.219. The van der Waals surface area contributed by atoms with Crippen molar-refractivity contribution in [2.75, 3.05) is 13.1 Å². The summed E-state index contributed by atoms with van der Waals surface area (Å²) in [5.41, 5.74) is 0.465. The molecule has 1 unspecified atom stereocenters. The van der Waals surface area contributed by atoms with Gasteiger partial charge in [0.2, 0.25) is 0 Å². The van der Waals surface area contributed by atoms with Gasteiger partial charge < -0.3 is 5.32 Å². The summed E-state index contributed by atoms with van der Waals surface area (Å²) in [6.45, 7) is 3.85. The lowest BCUT2D eigenvalue weighted by Gasteiger charge is -2.26. The van der Waals surface area contributed by atoms with Crippen molar-refractivity contribution >= 4 is 21.7 Å². The van der Waals surface area contributed by atoms with E-state index in [4.69, 9.17) is 0 Å². The normalized spacial score (nSPS) is 24.2. The van der Waals surface area contributed by atoms with Crippen molar-refractivity contribution in [1.29, 1.82) is 0 Å². The Morgan fingerprint density at radius 2 is 2.47 bits per heavy atom. The highest BCUT2D eigenvalue weighted by Crippen LogP contribution is 2.36. The third-order valence-electron chi connectivity index (χ3n) is 3.56. The van der Waals surface area contributed by atoms with Crippen LogP contribution in [0.3, 0.4) is 0 Å². The Hall–Kier alpha value is -0.680. The Labute approximate surface area is 110 Å². The van der Waals surface area contributed by atoms with E-state index in [9.17, 15) is 4.79 Å². The van der Waals surface area contributed by atoms with Gasteiger partial charge in [0, 0.05) is 19.0 Å². The van der Waals surface area contributed by atoms with Gasteiger partial charge in [-0.3, -0.25) is 9.48 Å². The smallest absolute Gasteiger partial charge is 0.189 e. The van der Waals surface area contributed by atoms with Crippen LogP contribution < -0.4 is 5.32 Å². The largest absolute Gasteiger partial charge is 0.316 e. The number of halogens is 1. The minimum Gasteiger partial charge on any atom is -0.316 e. The molecule has 1 aromatic rings. The Kier molecular flexibility index (Phi) is 3.68. The van der Waals surface area contributed by atoms with Crippen LogP contribution >= 0.6 is 15.9 Å². The SMILES string of the molecule is CCCC1(C(=O)c2c(Br)cnn2C)CCNC1. The van der Waals surface area contributed by atoms with Crippen LogP contribution in [0, 0.1) is 5.41 Å². The van der Waals surface area contributed by atoms with Crippen molar-refractivity contribution in [3.05, 3.63) is 16.4 Å². The molecule has 17 heavy (non-hydrogen) atoms. The lowest BCUT2D eigenvalue weighted by atomic mass is 9.77. The molecule has 94 valence electrons. The molecule has 0 amide bonds. The maximum Gasteiger partial charge on any atom is 0.189 e. The van der Waals surface area contributed by atoms with Crippen LogP contribution in [0.1, 0.15) is 36.7 Å². The molecule has 1 aliphatic heterocycles. The maximum atomic E-state index is 12.7. The Morgan fingerprint density at radius 1 is 1.71 bits per heavy atom. The van der Waals surface area contributed by atoms with Crippen LogP contribution in [0.5, 0.6) is 0 Å². The zero-order valence-electron chi connectivity index (χ0n) is 10.3. The van der Waals surface area contributed by atoms with Gasteiger partial charge in [-0.2, -0.15) is 5.10 Å². The van der Waals surface area contributed by atoms with Gasteiger partial charge in [0.05, 0.1) is 10.7 Å². The highest BCUT2D eigenvalue weighted by Gasteiger charge is 2.42. The van der Waals surface area contributed by atoms with Crippen molar-refractivity contribution in [2.45, 2.75) is 26.2 Å². The molecule has 0 bridgehead atoms. The van der Waals surface area contributed by atoms with Crippen molar-refractivity contribution in [3.63, 3.8) is 0 Å². The number of hydrogen-bond donors (Lipinski definition) is 1. The molecule has 1 aromatic heterocycles. The molecule has 1 aliphatic rings. The minimum atomic E-state index is -0.231. The molecule has 1 saturated heterocycles. The summed E-state index contributed by atoms with van der Waals surface area (Å²) in [6.07, 6.45) is 4.59. The molecule has 2 heterocycles. The molecule has 1 N–H and O–H groups in total. The Balaban J connectivity index is 2.35. The number of aryl methyl sites for hydroxylation is 1. The van der Waals surface area contributed by atoms with Gasteiger partial charge >= 0.3 is 0 Å². The van der Waals surface area contributed by atoms with Crippen LogP contribution in [0.2, 0.25) is 0 Å². The number of hydrogen-bond acceptors (Lipinski definition) is 3. The molecular weight excluding hydrogens is 282 g/mol. The maximum absolute atomic E-state index is 12.7. The van der Waals surface area contributed by atoms with Gasteiger partial charge in [0.15, 0.2) is 5.78 Å². The number of aromatic nitrogens is 2. The zero-order valence-corrected chi connectivity index (χ0v) is 11.9.